The molecule has 0 aromatic carbocycles. The Bertz CT molecular complexity index is 123. The Kier molecular flexibility index (Phi) is 1.48. The molecule has 2 saturated carbocycles. The van der Waals surface area contributed by atoms with Crippen molar-refractivity contribution >= 4 is 0 Å². The van der Waals surface area contributed by atoms with Gasteiger partial charge in [0.05, 0.1) is 0 Å². The zero-order valence-electron chi connectivity index (χ0n) is 6.47. The topological polar surface area (TPSA) is 20.2 Å². The second-order valence-electron chi connectivity index (χ2n) is 4.14. The van der Waals surface area contributed by atoms with Crippen molar-refractivity contribution in [3.05, 3.63) is 0 Å². The fourth-order valence-electron chi connectivity index (χ4n) is 1.58. The predicted octanol–water partition coefficient (Wildman–Crippen LogP) is 1.95. The summed E-state index contributed by atoms with van der Waals surface area (Å²) < 4.78 is 0. The van der Waals surface area contributed by atoms with Gasteiger partial charge in [-0.15, -0.1) is 0 Å². The van der Waals surface area contributed by atoms with Crippen molar-refractivity contribution in [1.82, 2.24) is 0 Å². The van der Waals surface area contributed by atoms with E-state index < -0.39 is 0 Å². The minimum Gasteiger partial charge on any atom is -0.396 e. The normalized spacial score (nSPS) is 28.5. The molecule has 2 aliphatic carbocycles. The average Bonchev–Trinajstić information content (AvgIpc) is 2.83. The first-order valence-electron chi connectivity index (χ1n) is 4.46. The zero-order chi connectivity index (χ0) is 7.03. The average molecular weight is 140 g/mol. The van der Waals surface area contributed by atoms with Gasteiger partial charge in [-0.3, -0.25) is 0 Å². The molecule has 0 unspecified atom stereocenters. The molecule has 2 rings (SSSR count). The van der Waals surface area contributed by atoms with E-state index in [0.29, 0.717) is 12.0 Å². The van der Waals surface area contributed by atoms with Crippen LogP contribution in [0.2, 0.25) is 0 Å². The monoisotopic (exact) mass is 140 g/mol. The first kappa shape index (κ1) is 6.66. The lowest BCUT2D eigenvalue weighted by atomic mass is 10.00. The number of hydrogen-bond acceptors (Lipinski definition) is 1. The number of aliphatic hydroxyl groups excluding tert-OH is 1. The molecular formula is C9H16O. The molecule has 0 saturated heterocycles. The van der Waals surface area contributed by atoms with Gasteiger partial charge in [-0.25, -0.2) is 0 Å². The zero-order valence-corrected chi connectivity index (χ0v) is 6.47. The van der Waals surface area contributed by atoms with E-state index in [1.165, 1.54) is 38.5 Å². The molecule has 1 heteroatoms. The molecule has 0 atom stereocenters. The van der Waals surface area contributed by atoms with Crippen LogP contribution in [0.5, 0.6) is 0 Å². The summed E-state index contributed by atoms with van der Waals surface area (Å²) in [5.74, 6) is 1.05. The van der Waals surface area contributed by atoms with Crippen LogP contribution in [-0.4, -0.2) is 11.7 Å². The first-order valence-corrected chi connectivity index (χ1v) is 4.46. The van der Waals surface area contributed by atoms with Gasteiger partial charge in [-0.1, -0.05) is 12.8 Å². The van der Waals surface area contributed by atoms with Crippen molar-refractivity contribution in [1.29, 1.82) is 0 Å². The number of hydrogen-bond donors (Lipinski definition) is 1. The van der Waals surface area contributed by atoms with E-state index in [4.69, 9.17) is 5.11 Å². The van der Waals surface area contributed by atoms with Crippen LogP contribution in [0.4, 0.5) is 0 Å². The second-order valence-corrected chi connectivity index (χ2v) is 4.14. The van der Waals surface area contributed by atoms with E-state index in [9.17, 15) is 0 Å². The predicted molar refractivity (Wildman–Crippen MR) is 40.7 cm³/mol. The molecule has 1 N–H and O–H groups in total. The molecule has 58 valence electrons. The molecular weight excluding hydrogens is 124 g/mol. The number of rotatable bonds is 4. The lowest BCUT2D eigenvalue weighted by Crippen LogP contribution is -2.05. The Morgan fingerprint density at radius 2 is 2.00 bits per heavy atom. The van der Waals surface area contributed by atoms with Crippen molar-refractivity contribution in [3.63, 3.8) is 0 Å². The van der Waals surface area contributed by atoms with E-state index >= 15 is 0 Å². The molecule has 0 spiro atoms. The van der Waals surface area contributed by atoms with E-state index in [2.05, 4.69) is 0 Å². The van der Waals surface area contributed by atoms with Crippen LogP contribution in [0, 0.1) is 11.3 Å². The lowest BCUT2D eigenvalue weighted by Gasteiger charge is -2.09. The molecule has 0 radical (unpaired) electrons. The van der Waals surface area contributed by atoms with E-state index in [-0.39, 0.29) is 0 Å². The van der Waals surface area contributed by atoms with Gasteiger partial charge in [0.25, 0.3) is 0 Å². The summed E-state index contributed by atoms with van der Waals surface area (Å²) in [4.78, 5) is 0. The fourth-order valence-corrected chi connectivity index (χ4v) is 1.58. The largest absolute Gasteiger partial charge is 0.396 e. The summed E-state index contributed by atoms with van der Waals surface area (Å²) in [6.07, 6.45) is 8.18. The molecule has 0 heterocycles. The Labute approximate surface area is 62.4 Å². The SMILES string of the molecule is OCC1(CCC2CC2)CC1. The van der Waals surface area contributed by atoms with E-state index in [1.54, 1.807) is 0 Å². The molecule has 10 heavy (non-hydrogen) atoms. The van der Waals surface area contributed by atoms with E-state index in [0.717, 1.165) is 5.92 Å². The van der Waals surface area contributed by atoms with Gasteiger partial charge in [-0.05, 0) is 37.0 Å². The molecule has 0 aromatic heterocycles. The third-order valence-electron chi connectivity index (χ3n) is 3.07. The molecule has 0 amide bonds. The molecule has 0 bridgehead atoms. The van der Waals surface area contributed by atoms with Gasteiger partial charge < -0.3 is 5.11 Å². The van der Waals surface area contributed by atoms with Crippen LogP contribution < -0.4 is 0 Å². The highest BCUT2D eigenvalue weighted by atomic mass is 16.3. The molecule has 1 nitrogen and oxygen atoms in total. The van der Waals surface area contributed by atoms with Gasteiger partial charge in [0.15, 0.2) is 0 Å². The van der Waals surface area contributed by atoms with Crippen LogP contribution in [0.1, 0.15) is 38.5 Å². The fraction of sp³-hybridized carbons (Fsp3) is 1.00. The summed E-state index contributed by atoms with van der Waals surface area (Å²) in [7, 11) is 0. The Morgan fingerprint density at radius 3 is 2.40 bits per heavy atom. The molecule has 2 fully saturated rings. The third-order valence-corrected chi connectivity index (χ3v) is 3.07. The van der Waals surface area contributed by atoms with E-state index in [1.807, 2.05) is 0 Å². The third kappa shape index (κ3) is 1.34. The minimum absolute atomic E-state index is 0.419. The van der Waals surface area contributed by atoms with Gasteiger partial charge in [0, 0.05) is 6.61 Å². The van der Waals surface area contributed by atoms with Crippen molar-refractivity contribution in [2.24, 2.45) is 11.3 Å². The number of aliphatic hydroxyl groups is 1. The second kappa shape index (κ2) is 2.23. The highest BCUT2D eigenvalue weighted by Gasteiger charge is 2.42. The van der Waals surface area contributed by atoms with Gasteiger partial charge >= 0.3 is 0 Å². The first-order chi connectivity index (χ1) is 4.85. The Balaban J connectivity index is 1.68. The summed E-state index contributed by atoms with van der Waals surface area (Å²) in [6, 6.07) is 0. The highest BCUT2D eigenvalue weighted by Crippen LogP contribution is 2.51. The quantitative estimate of drug-likeness (QED) is 0.632. The molecule has 0 aromatic rings. The summed E-state index contributed by atoms with van der Waals surface area (Å²) in [5.41, 5.74) is 0.419. The maximum absolute atomic E-state index is 8.99. The lowest BCUT2D eigenvalue weighted by molar-refractivity contribution is 0.199. The molecule has 0 aliphatic heterocycles. The van der Waals surface area contributed by atoms with Gasteiger partial charge in [-0.2, -0.15) is 0 Å². The molecule has 2 aliphatic rings. The van der Waals surface area contributed by atoms with Crippen LogP contribution in [0.3, 0.4) is 0 Å². The van der Waals surface area contributed by atoms with Crippen LogP contribution in [0.25, 0.3) is 0 Å². The maximum atomic E-state index is 8.99. The van der Waals surface area contributed by atoms with Crippen molar-refractivity contribution < 1.29 is 5.11 Å². The highest BCUT2D eigenvalue weighted by molar-refractivity contribution is 4.93. The Morgan fingerprint density at radius 1 is 1.30 bits per heavy atom. The smallest absolute Gasteiger partial charge is 0.0487 e. The summed E-state index contributed by atoms with van der Waals surface area (Å²) in [6.45, 7) is 0.444. The minimum atomic E-state index is 0.419. The standard InChI is InChI=1S/C9H16O/c10-7-9(5-6-9)4-3-8-1-2-8/h8,10H,1-7H2. The van der Waals surface area contributed by atoms with Gasteiger partial charge in [0.2, 0.25) is 0 Å². The summed E-state index contributed by atoms with van der Waals surface area (Å²) in [5, 5.41) is 8.99. The van der Waals surface area contributed by atoms with Crippen molar-refractivity contribution in [2.75, 3.05) is 6.61 Å². The van der Waals surface area contributed by atoms with Crippen LogP contribution in [-0.2, 0) is 0 Å². The Hall–Kier alpha value is -0.0400. The van der Waals surface area contributed by atoms with Gasteiger partial charge in [0.1, 0.15) is 0 Å². The van der Waals surface area contributed by atoms with Crippen molar-refractivity contribution in [2.45, 2.75) is 38.5 Å². The van der Waals surface area contributed by atoms with Crippen molar-refractivity contribution in [3.8, 4) is 0 Å². The maximum Gasteiger partial charge on any atom is 0.0487 e. The van der Waals surface area contributed by atoms with Crippen LogP contribution >= 0.6 is 0 Å². The van der Waals surface area contributed by atoms with Crippen LogP contribution in [0.15, 0.2) is 0 Å². The summed E-state index contributed by atoms with van der Waals surface area (Å²) >= 11 is 0.